The largest absolute Gasteiger partial charge is 0.365 e. The maximum atomic E-state index is 9.00. The van der Waals surface area contributed by atoms with Crippen molar-refractivity contribution in [2.75, 3.05) is 18.4 Å². The fraction of sp³-hybridized carbons (Fsp3) is 0.643. The summed E-state index contributed by atoms with van der Waals surface area (Å²) < 4.78 is 0. The van der Waals surface area contributed by atoms with Crippen molar-refractivity contribution in [1.29, 1.82) is 5.26 Å². The van der Waals surface area contributed by atoms with Gasteiger partial charge >= 0.3 is 0 Å². The fourth-order valence-corrected chi connectivity index (χ4v) is 2.41. The van der Waals surface area contributed by atoms with Crippen molar-refractivity contribution in [3.8, 4) is 6.07 Å². The molecule has 0 amide bonds. The van der Waals surface area contributed by atoms with Crippen LogP contribution in [0.4, 0.5) is 5.82 Å². The summed E-state index contributed by atoms with van der Waals surface area (Å²) in [5, 5.41) is 12.3. The molecule has 5 heteroatoms. The molecular formula is C14H21N5. The van der Waals surface area contributed by atoms with Gasteiger partial charge < -0.3 is 5.32 Å². The third kappa shape index (κ3) is 3.42. The summed E-state index contributed by atoms with van der Waals surface area (Å²) in [6, 6.07) is 2.45. The number of hydrogen-bond donors (Lipinski definition) is 1. The van der Waals surface area contributed by atoms with Gasteiger partial charge in [-0.05, 0) is 33.6 Å². The van der Waals surface area contributed by atoms with Gasteiger partial charge in [0.25, 0.3) is 0 Å². The molecule has 0 aromatic carbocycles. The number of nitriles is 1. The number of piperidine rings is 1. The van der Waals surface area contributed by atoms with E-state index in [-0.39, 0.29) is 5.54 Å². The molecule has 2 rings (SSSR count). The van der Waals surface area contributed by atoms with Crippen molar-refractivity contribution in [3.05, 3.63) is 18.1 Å². The summed E-state index contributed by atoms with van der Waals surface area (Å²) in [7, 11) is 0. The van der Waals surface area contributed by atoms with Crippen molar-refractivity contribution in [2.45, 2.75) is 45.2 Å². The molecule has 0 spiro atoms. The molecule has 19 heavy (non-hydrogen) atoms. The van der Waals surface area contributed by atoms with E-state index in [9.17, 15) is 0 Å². The Bertz CT molecular complexity index is 463. The highest BCUT2D eigenvalue weighted by Crippen LogP contribution is 2.22. The quantitative estimate of drug-likeness (QED) is 0.880. The summed E-state index contributed by atoms with van der Waals surface area (Å²) in [6.45, 7) is 8.89. The van der Waals surface area contributed by atoms with Crippen LogP contribution < -0.4 is 5.32 Å². The summed E-state index contributed by atoms with van der Waals surface area (Å²) in [4.78, 5) is 10.7. The summed E-state index contributed by atoms with van der Waals surface area (Å²) in [5.41, 5.74) is 0.607. The molecule has 1 aliphatic heterocycles. The number of nitrogens with one attached hydrogen (secondary N) is 1. The predicted octanol–water partition coefficient (Wildman–Crippen LogP) is 2.02. The van der Waals surface area contributed by atoms with Gasteiger partial charge in [-0.2, -0.15) is 5.26 Å². The molecule has 5 nitrogen and oxygen atoms in total. The van der Waals surface area contributed by atoms with Gasteiger partial charge in [-0.3, -0.25) is 4.90 Å². The molecule has 0 bridgehead atoms. The van der Waals surface area contributed by atoms with Gasteiger partial charge in [0.15, 0.2) is 11.5 Å². The number of hydrogen-bond acceptors (Lipinski definition) is 5. The molecule has 0 atom stereocenters. The highest BCUT2D eigenvalue weighted by Gasteiger charge is 2.27. The van der Waals surface area contributed by atoms with Crippen molar-refractivity contribution in [2.24, 2.45) is 0 Å². The topological polar surface area (TPSA) is 64.8 Å². The fourth-order valence-electron chi connectivity index (χ4n) is 2.41. The Morgan fingerprint density at radius 3 is 2.47 bits per heavy atom. The molecule has 1 aromatic heterocycles. The van der Waals surface area contributed by atoms with Crippen LogP contribution in [-0.2, 0) is 0 Å². The van der Waals surface area contributed by atoms with Crippen LogP contribution >= 0.6 is 0 Å². The first kappa shape index (κ1) is 13.8. The Kier molecular flexibility index (Phi) is 4.01. The standard InChI is InChI=1S/C14H21N5/c1-14(2,3)19-8-4-11(5-9-19)18-13-12(10-15)16-6-7-17-13/h6-7,11H,4-5,8-9H2,1-3H3,(H,17,18). The van der Waals surface area contributed by atoms with Crippen molar-refractivity contribution in [3.63, 3.8) is 0 Å². The Hall–Kier alpha value is -1.67. The maximum absolute atomic E-state index is 9.00. The maximum Gasteiger partial charge on any atom is 0.182 e. The predicted molar refractivity (Wildman–Crippen MR) is 74.7 cm³/mol. The Morgan fingerprint density at radius 2 is 1.89 bits per heavy atom. The highest BCUT2D eigenvalue weighted by molar-refractivity contribution is 5.47. The van der Waals surface area contributed by atoms with Crippen LogP contribution in [0.15, 0.2) is 12.4 Å². The average Bonchev–Trinajstić information content (AvgIpc) is 2.39. The molecular weight excluding hydrogens is 238 g/mol. The second-order valence-corrected chi connectivity index (χ2v) is 5.94. The molecule has 102 valence electrons. The van der Waals surface area contributed by atoms with Crippen LogP contribution in [-0.4, -0.2) is 39.5 Å². The number of nitrogens with zero attached hydrogens (tertiary/aromatic N) is 4. The van der Waals surface area contributed by atoms with Crippen LogP contribution in [0.5, 0.6) is 0 Å². The van der Waals surface area contributed by atoms with Crippen molar-refractivity contribution in [1.82, 2.24) is 14.9 Å². The molecule has 0 aliphatic carbocycles. The third-order valence-corrected chi connectivity index (χ3v) is 3.59. The first-order chi connectivity index (χ1) is 9.00. The minimum atomic E-state index is 0.231. The first-order valence-corrected chi connectivity index (χ1v) is 6.73. The average molecular weight is 259 g/mol. The smallest absolute Gasteiger partial charge is 0.182 e. The van der Waals surface area contributed by atoms with E-state index in [4.69, 9.17) is 5.26 Å². The van der Waals surface area contributed by atoms with E-state index in [1.54, 1.807) is 12.4 Å². The summed E-state index contributed by atoms with van der Waals surface area (Å²) >= 11 is 0. The molecule has 1 N–H and O–H groups in total. The SMILES string of the molecule is CC(C)(C)N1CCC(Nc2nccnc2C#N)CC1. The van der Waals surface area contributed by atoms with Crippen LogP contribution in [0.2, 0.25) is 0 Å². The van der Waals surface area contributed by atoms with E-state index in [2.05, 4.69) is 47.0 Å². The molecule has 1 fully saturated rings. The molecule has 1 aromatic rings. The molecule has 0 radical (unpaired) electrons. The van der Waals surface area contributed by atoms with E-state index in [0.29, 0.717) is 17.6 Å². The second-order valence-electron chi connectivity index (χ2n) is 5.94. The number of aromatic nitrogens is 2. The van der Waals surface area contributed by atoms with E-state index in [0.717, 1.165) is 25.9 Å². The third-order valence-electron chi connectivity index (χ3n) is 3.59. The number of rotatable bonds is 2. The lowest BCUT2D eigenvalue weighted by Gasteiger charge is -2.41. The van der Waals surface area contributed by atoms with E-state index >= 15 is 0 Å². The van der Waals surface area contributed by atoms with Gasteiger partial charge in [0, 0.05) is 37.1 Å². The van der Waals surface area contributed by atoms with E-state index in [1.807, 2.05) is 0 Å². The van der Waals surface area contributed by atoms with Gasteiger partial charge in [-0.1, -0.05) is 0 Å². The normalized spacial score (nSPS) is 18.0. The van der Waals surface area contributed by atoms with Crippen LogP contribution in [0.25, 0.3) is 0 Å². The molecule has 0 saturated carbocycles. The molecule has 1 saturated heterocycles. The molecule has 0 unspecified atom stereocenters. The van der Waals surface area contributed by atoms with E-state index < -0.39 is 0 Å². The zero-order chi connectivity index (χ0) is 13.9. The number of likely N-dealkylation sites (tertiary alicyclic amines) is 1. The Labute approximate surface area is 114 Å². The van der Waals surface area contributed by atoms with Crippen LogP contribution in [0, 0.1) is 11.3 Å². The lowest BCUT2D eigenvalue weighted by molar-refractivity contribution is 0.106. The number of anilines is 1. The molecule has 1 aliphatic rings. The lowest BCUT2D eigenvalue weighted by Crippen LogP contribution is -2.48. The van der Waals surface area contributed by atoms with Gasteiger partial charge in [0.1, 0.15) is 6.07 Å². The minimum Gasteiger partial charge on any atom is -0.365 e. The van der Waals surface area contributed by atoms with Gasteiger partial charge in [0.2, 0.25) is 0 Å². The minimum absolute atomic E-state index is 0.231. The Morgan fingerprint density at radius 1 is 1.26 bits per heavy atom. The van der Waals surface area contributed by atoms with Gasteiger partial charge in [-0.15, -0.1) is 0 Å². The van der Waals surface area contributed by atoms with E-state index in [1.165, 1.54) is 0 Å². The summed E-state index contributed by atoms with van der Waals surface area (Å²) in [6.07, 6.45) is 5.30. The van der Waals surface area contributed by atoms with Gasteiger partial charge in [0.05, 0.1) is 0 Å². The summed E-state index contributed by atoms with van der Waals surface area (Å²) in [5.74, 6) is 0.610. The lowest BCUT2D eigenvalue weighted by atomic mass is 9.98. The van der Waals surface area contributed by atoms with Crippen LogP contribution in [0.3, 0.4) is 0 Å². The zero-order valence-electron chi connectivity index (χ0n) is 11.8. The van der Waals surface area contributed by atoms with Gasteiger partial charge in [-0.25, -0.2) is 9.97 Å². The highest BCUT2D eigenvalue weighted by atomic mass is 15.2. The monoisotopic (exact) mass is 259 g/mol. The van der Waals surface area contributed by atoms with Crippen LogP contribution in [0.1, 0.15) is 39.3 Å². The second kappa shape index (κ2) is 5.54. The van der Waals surface area contributed by atoms with Crippen molar-refractivity contribution >= 4 is 5.82 Å². The van der Waals surface area contributed by atoms with Crippen molar-refractivity contribution < 1.29 is 0 Å². The molecule has 2 heterocycles. The first-order valence-electron chi connectivity index (χ1n) is 6.73. The Balaban J connectivity index is 1.95. The zero-order valence-corrected chi connectivity index (χ0v) is 11.8.